The second-order valence-corrected chi connectivity index (χ2v) is 7.88. The van der Waals surface area contributed by atoms with Crippen LogP contribution in [0.2, 0.25) is 0 Å². The predicted molar refractivity (Wildman–Crippen MR) is 105 cm³/mol. The molecular weight excluding hydrogens is 362 g/mol. The molecule has 0 aliphatic carbocycles. The minimum absolute atomic E-state index is 0.0626. The lowest BCUT2D eigenvalue weighted by Gasteiger charge is -2.30. The number of hydrogen-bond acceptors (Lipinski definition) is 6. The first-order valence-electron chi connectivity index (χ1n) is 8.59. The molecule has 3 N–H and O–H groups in total. The van der Waals surface area contributed by atoms with Crippen molar-refractivity contribution < 1.29 is 8.42 Å². The van der Waals surface area contributed by atoms with Gasteiger partial charge in [-0.25, -0.2) is 18.5 Å². The van der Waals surface area contributed by atoms with Crippen molar-refractivity contribution in [1.82, 2.24) is 9.97 Å². The maximum atomic E-state index is 11.4. The third-order valence-electron chi connectivity index (χ3n) is 4.47. The number of nitrogens with two attached hydrogens (primary N) is 1. The fourth-order valence-electron chi connectivity index (χ4n) is 3.19. The molecule has 0 saturated carbocycles. The fourth-order valence-corrected chi connectivity index (χ4v) is 3.70. The molecular formula is C19H19N5O2S. The van der Waals surface area contributed by atoms with Crippen molar-refractivity contribution in [3.63, 3.8) is 0 Å². The summed E-state index contributed by atoms with van der Waals surface area (Å²) in [5, 5.41) is 8.22. The van der Waals surface area contributed by atoms with Gasteiger partial charge in [-0.2, -0.15) is 4.98 Å². The van der Waals surface area contributed by atoms with Gasteiger partial charge in [0.05, 0.1) is 4.90 Å². The van der Waals surface area contributed by atoms with E-state index in [4.69, 9.17) is 5.14 Å². The molecule has 7 nitrogen and oxygen atoms in total. The SMILES string of the molecule is NS(=O)(=O)c1ccc(Nc2nccc(N3CCCc4ccccc43)n2)cc1. The van der Waals surface area contributed by atoms with Gasteiger partial charge in [0, 0.05) is 24.1 Å². The molecule has 0 saturated heterocycles. The molecule has 0 fully saturated rings. The van der Waals surface area contributed by atoms with E-state index < -0.39 is 10.0 Å². The van der Waals surface area contributed by atoms with E-state index in [1.165, 1.54) is 23.4 Å². The van der Waals surface area contributed by atoms with Crippen molar-refractivity contribution in [3.05, 3.63) is 66.4 Å². The van der Waals surface area contributed by atoms with E-state index in [1.807, 2.05) is 12.1 Å². The summed E-state index contributed by atoms with van der Waals surface area (Å²) in [5.74, 6) is 1.26. The number of para-hydroxylation sites is 1. The first kappa shape index (κ1) is 17.4. The Balaban J connectivity index is 1.59. The monoisotopic (exact) mass is 381 g/mol. The summed E-state index contributed by atoms with van der Waals surface area (Å²) in [6.07, 6.45) is 3.85. The molecule has 138 valence electrons. The van der Waals surface area contributed by atoms with Crippen molar-refractivity contribution in [2.24, 2.45) is 5.14 Å². The molecule has 0 atom stereocenters. The summed E-state index contributed by atoms with van der Waals surface area (Å²) in [5.41, 5.74) is 3.17. The molecule has 0 amide bonds. The third-order valence-corrected chi connectivity index (χ3v) is 5.40. The average molecular weight is 381 g/mol. The molecule has 2 aromatic carbocycles. The number of aryl methyl sites for hydroxylation is 1. The molecule has 3 aromatic rings. The molecule has 1 aromatic heterocycles. The Morgan fingerprint density at radius 3 is 2.59 bits per heavy atom. The van der Waals surface area contributed by atoms with E-state index in [1.54, 1.807) is 18.3 Å². The highest BCUT2D eigenvalue weighted by molar-refractivity contribution is 7.89. The minimum Gasteiger partial charge on any atom is -0.326 e. The Labute approximate surface area is 157 Å². The normalized spacial score (nSPS) is 13.9. The lowest BCUT2D eigenvalue weighted by atomic mass is 10.0. The standard InChI is InChI=1S/C19H19N5O2S/c20-27(25,26)16-9-7-15(8-10-16)22-19-21-12-11-18(23-19)24-13-3-5-14-4-1-2-6-17(14)24/h1-2,4,6-12H,3,5,13H2,(H2,20,25,26)(H,21,22,23). The van der Waals surface area contributed by atoms with Gasteiger partial charge in [-0.3, -0.25) is 0 Å². The second-order valence-electron chi connectivity index (χ2n) is 6.32. The Kier molecular flexibility index (Phi) is 4.51. The van der Waals surface area contributed by atoms with Gasteiger partial charge in [-0.05, 0) is 54.8 Å². The van der Waals surface area contributed by atoms with E-state index in [0.717, 1.165) is 25.2 Å². The summed E-state index contributed by atoms with van der Waals surface area (Å²) in [7, 11) is -3.71. The third kappa shape index (κ3) is 3.76. The van der Waals surface area contributed by atoms with Crippen LogP contribution in [-0.4, -0.2) is 24.9 Å². The summed E-state index contributed by atoms with van der Waals surface area (Å²) in [6, 6.07) is 16.4. The largest absolute Gasteiger partial charge is 0.326 e. The van der Waals surface area contributed by atoms with Crippen molar-refractivity contribution in [2.75, 3.05) is 16.8 Å². The quantitative estimate of drug-likeness (QED) is 0.720. The highest BCUT2D eigenvalue weighted by Crippen LogP contribution is 2.32. The van der Waals surface area contributed by atoms with Gasteiger partial charge < -0.3 is 10.2 Å². The molecule has 4 rings (SSSR count). The molecule has 0 unspecified atom stereocenters. The molecule has 0 radical (unpaired) electrons. The number of benzene rings is 2. The van der Waals surface area contributed by atoms with Crippen molar-refractivity contribution >= 4 is 33.2 Å². The molecule has 2 heterocycles. The number of rotatable bonds is 4. The van der Waals surface area contributed by atoms with Crippen LogP contribution in [0, 0.1) is 0 Å². The Hall–Kier alpha value is -2.97. The Morgan fingerprint density at radius 2 is 1.81 bits per heavy atom. The summed E-state index contributed by atoms with van der Waals surface area (Å²) < 4.78 is 22.7. The minimum atomic E-state index is -3.71. The van der Waals surface area contributed by atoms with Gasteiger partial charge in [-0.15, -0.1) is 0 Å². The zero-order valence-corrected chi connectivity index (χ0v) is 15.4. The van der Waals surface area contributed by atoms with E-state index >= 15 is 0 Å². The van der Waals surface area contributed by atoms with E-state index in [9.17, 15) is 8.42 Å². The zero-order valence-electron chi connectivity index (χ0n) is 14.5. The maximum absolute atomic E-state index is 11.4. The summed E-state index contributed by atoms with van der Waals surface area (Å²) in [4.78, 5) is 11.1. The van der Waals surface area contributed by atoms with Crippen molar-refractivity contribution in [2.45, 2.75) is 17.7 Å². The molecule has 8 heteroatoms. The van der Waals surface area contributed by atoms with Crippen molar-refractivity contribution in [3.8, 4) is 0 Å². The van der Waals surface area contributed by atoms with Crippen LogP contribution in [0.15, 0.2) is 65.7 Å². The smallest absolute Gasteiger partial charge is 0.238 e. The van der Waals surface area contributed by atoms with Crippen LogP contribution in [0.1, 0.15) is 12.0 Å². The topological polar surface area (TPSA) is 101 Å². The van der Waals surface area contributed by atoms with Crippen molar-refractivity contribution in [1.29, 1.82) is 0 Å². The first-order valence-corrected chi connectivity index (χ1v) is 10.1. The molecule has 0 spiro atoms. The summed E-state index contributed by atoms with van der Waals surface area (Å²) >= 11 is 0. The number of anilines is 4. The molecule has 27 heavy (non-hydrogen) atoms. The van der Waals surface area contributed by atoms with Gasteiger partial charge in [0.1, 0.15) is 5.82 Å². The zero-order chi connectivity index (χ0) is 18.9. The van der Waals surface area contributed by atoms with Crippen LogP contribution in [-0.2, 0) is 16.4 Å². The van der Waals surface area contributed by atoms with Gasteiger partial charge in [0.25, 0.3) is 0 Å². The van der Waals surface area contributed by atoms with Crippen LogP contribution in [0.5, 0.6) is 0 Å². The van der Waals surface area contributed by atoms with Gasteiger partial charge in [0.15, 0.2) is 0 Å². The van der Waals surface area contributed by atoms with Crippen LogP contribution in [0.3, 0.4) is 0 Å². The Morgan fingerprint density at radius 1 is 1.04 bits per heavy atom. The number of nitrogens with one attached hydrogen (secondary N) is 1. The van der Waals surface area contributed by atoms with E-state index in [-0.39, 0.29) is 4.90 Å². The number of fused-ring (bicyclic) bond motifs is 1. The lowest BCUT2D eigenvalue weighted by molar-refractivity contribution is 0.598. The maximum Gasteiger partial charge on any atom is 0.238 e. The molecule has 0 bridgehead atoms. The van der Waals surface area contributed by atoms with E-state index in [2.05, 4.69) is 38.4 Å². The highest BCUT2D eigenvalue weighted by atomic mass is 32.2. The van der Waals surface area contributed by atoms with Crippen LogP contribution in [0.4, 0.5) is 23.1 Å². The number of sulfonamides is 1. The van der Waals surface area contributed by atoms with Gasteiger partial charge in [0.2, 0.25) is 16.0 Å². The van der Waals surface area contributed by atoms with Crippen LogP contribution in [0.25, 0.3) is 0 Å². The fraction of sp³-hybridized carbons (Fsp3) is 0.158. The van der Waals surface area contributed by atoms with E-state index in [0.29, 0.717) is 11.6 Å². The summed E-state index contributed by atoms with van der Waals surface area (Å²) in [6.45, 7) is 0.899. The molecule has 1 aliphatic heterocycles. The van der Waals surface area contributed by atoms with Gasteiger partial charge in [-0.1, -0.05) is 18.2 Å². The van der Waals surface area contributed by atoms with Crippen LogP contribution < -0.4 is 15.4 Å². The first-order chi connectivity index (χ1) is 13.0. The van der Waals surface area contributed by atoms with Crippen LogP contribution >= 0.6 is 0 Å². The Bertz CT molecular complexity index is 1070. The molecule has 1 aliphatic rings. The highest BCUT2D eigenvalue weighted by Gasteiger charge is 2.19. The lowest BCUT2D eigenvalue weighted by Crippen LogP contribution is -2.25. The predicted octanol–water partition coefficient (Wildman–Crippen LogP) is 2.95. The number of nitrogens with zero attached hydrogens (tertiary/aromatic N) is 3. The number of primary sulfonamides is 1. The number of aromatic nitrogens is 2. The van der Waals surface area contributed by atoms with Gasteiger partial charge >= 0.3 is 0 Å². The number of hydrogen-bond donors (Lipinski definition) is 2. The average Bonchev–Trinajstić information content (AvgIpc) is 2.67. The second kappa shape index (κ2) is 6.98.